The molecule has 0 saturated heterocycles. The molecule has 5 heterocycles. The summed E-state index contributed by atoms with van der Waals surface area (Å²) in [6.07, 6.45) is 0. The van der Waals surface area contributed by atoms with Crippen LogP contribution in [-0.4, -0.2) is 19.5 Å². The molecular weight excluding hydrogens is 717 g/mol. The molecule has 0 N–H and O–H groups in total. The molecule has 0 fully saturated rings. The maximum Gasteiger partial charge on any atom is 0.178 e. The average Bonchev–Trinajstić information content (AvgIpc) is 4.05. The van der Waals surface area contributed by atoms with Crippen LogP contribution in [0.3, 0.4) is 0 Å². The van der Waals surface area contributed by atoms with Gasteiger partial charge in [0.25, 0.3) is 0 Å². The summed E-state index contributed by atoms with van der Waals surface area (Å²) in [5, 5.41) is 8.51. The SMILES string of the molecule is c1ccc(-c2nc(-c3ccc4c(c3)oc3c4ccc4c5cc(-n6c7ccccc7c7ccccc76)ccc5oc43)nc(-c3cccc4c3oc3ccccc34)n2)cc1. The van der Waals surface area contributed by atoms with Gasteiger partial charge in [-0.3, -0.25) is 0 Å². The fourth-order valence-electron chi connectivity index (χ4n) is 8.80. The predicted molar refractivity (Wildman–Crippen MR) is 232 cm³/mol. The van der Waals surface area contributed by atoms with Gasteiger partial charge in [-0.15, -0.1) is 0 Å². The highest BCUT2D eigenvalue weighted by atomic mass is 16.4. The normalized spacial score (nSPS) is 12.1. The van der Waals surface area contributed by atoms with Crippen molar-refractivity contribution in [3.05, 3.63) is 170 Å². The van der Waals surface area contributed by atoms with Gasteiger partial charge in [0, 0.05) is 59.9 Å². The highest BCUT2D eigenvalue weighted by Gasteiger charge is 2.21. The molecule has 0 aliphatic carbocycles. The zero-order chi connectivity index (χ0) is 37.9. The molecule has 0 atom stereocenters. The summed E-state index contributed by atoms with van der Waals surface area (Å²) >= 11 is 0. The third kappa shape index (κ3) is 4.46. The van der Waals surface area contributed by atoms with Crippen molar-refractivity contribution in [1.82, 2.24) is 19.5 Å². The quantitative estimate of drug-likeness (QED) is 0.178. The molecule has 0 radical (unpaired) electrons. The lowest BCUT2D eigenvalue weighted by Gasteiger charge is -2.08. The summed E-state index contributed by atoms with van der Waals surface area (Å²) in [7, 11) is 0. The smallest absolute Gasteiger partial charge is 0.178 e. The molecule has 5 aromatic heterocycles. The number of nitrogens with zero attached hydrogens (tertiary/aromatic N) is 4. The maximum absolute atomic E-state index is 6.71. The first-order valence-electron chi connectivity index (χ1n) is 19.3. The molecule has 0 saturated carbocycles. The second-order valence-corrected chi connectivity index (χ2v) is 14.7. The van der Waals surface area contributed by atoms with E-state index in [9.17, 15) is 0 Å². The number of hydrogen-bond acceptors (Lipinski definition) is 6. The first-order chi connectivity index (χ1) is 28.7. The molecular formula is C51H28N4O3. The maximum atomic E-state index is 6.71. The summed E-state index contributed by atoms with van der Waals surface area (Å²) < 4.78 is 22.1. The van der Waals surface area contributed by atoms with Crippen LogP contribution in [0.2, 0.25) is 0 Å². The Hall–Kier alpha value is -8.03. The van der Waals surface area contributed by atoms with E-state index in [1.165, 1.54) is 21.8 Å². The number of rotatable bonds is 4. The minimum atomic E-state index is 0.530. The van der Waals surface area contributed by atoms with E-state index in [-0.39, 0.29) is 0 Å². The van der Waals surface area contributed by atoms with Crippen molar-refractivity contribution in [2.75, 3.05) is 0 Å². The Kier molecular flexibility index (Phi) is 6.32. The number of benzene rings is 8. The molecule has 0 aliphatic rings. The minimum Gasteiger partial charge on any atom is -0.455 e. The van der Waals surface area contributed by atoms with Gasteiger partial charge in [-0.1, -0.05) is 103 Å². The van der Waals surface area contributed by atoms with Crippen LogP contribution in [-0.2, 0) is 0 Å². The molecule has 0 aliphatic heterocycles. The van der Waals surface area contributed by atoms with Gasteiger partial charge in [-0.2, -0.15) is 0 Å². The topological polar surface area (TPSA) is 83.0 Å². The number of hydrogen-bond donors (Lipinski definition) is 0. The van der Waals surface area contributed by atoms with Gasteiger partial charge in [0.15, 0.2) is 28.6 Å². The van der Waals surface area contributed by atoms with Crippen LogP contribution in [0, 0.1) is 0 Å². The minimum absolute atomic E-state index is 0.530. The molecule has 0 unspecified atom stereocenters. The van der Waals surface area contributed by atoms with Crippen molar-refractivity contribution in [3.8, 4) is 39.9 Å². The van der Waals surface area contributed by atoms with E-state index in [1.807, 2.05) is 72.8 Å². The summed E-state index contributed by atoms with van der Waals surface area (Å²) in [6, 6.07) is 58.1. The standard InChI is InChI=1S/C51H28N4O3/c1-2-11-29(12-3-1)49-52-50(54-51(53-49)39-17-10-16-36-34-15-6-9-20-43(34)56-46(36)39)30-21-23-35-37-24-25-38-40-28-31(22-26-44(40)57-48(38)47(37)58-45(35)27-30)55-41-18-7-4-13-32(41)33-14-5-8-19-42(33)55/h1-28H. The van der Waals surface area contributed by atoms with E-state index >= 15 is 0 Å². The Labute approximate surface area is 329 Å². The van der Waals surface area contributed by atoms with E-state index in [0.717, 1.165) is 77.0 Å². The largest absolute Gasteiger partial charge is 0.455 e. The molecule has 7 nitrogen and oxygen atoms in total. The van der Waals surface area contributed by atoms with Gasteiger partial charge >= 0.3 is 0 Å². The van der Waals surface area contributed by atoms with E-state index in [0.29, 0.717) is 28.6 Å². The van der Waals surface area contributed by atoms with Crippen molar-refractivity contribution in [2.45, 2.75) is 0 Å². The number of fused-ring (bicyclic) bond motifs is 13. The summed E-state index contributed by atoms with van der Waals surface area (Å²) in [5.74, 6) is 1.64. The van der Waals surface area contributed by atoms with E-state index in [2.05, 4.69) is 102 Å². The summed E-state index contributed by atoms with van der Waals surface area (Å²) in [4.78, 5) is 15.1. The van der Waals surface area contributed by atoms with Crippen LogP contribution < -0.4 is 0 Å². The molecule has 13 aromatic rings. The first kappa shape index (κ1) is 31.2. The third-order valence-corrected chi connectivity index (χ3v) is 11.5. The number of para-hydroxylation sites is 4. The fourth-order valence-corrected chi connectivity index (χ4v) is 8.80. The van der Waals surface area contributed by atoms with Crippen molar-refractivity contribution >= 4 is 87.6 Å². The van der Waals surface area contributed by atoms with Gasteiger partial charge in [0.05, 0.1) is 16.6 Å². The van der Waals surface area contributed by atoms with Crippen LogP contribution in [0.25, 0.3) is 127 Å². The predicted octanol–water partition coefficient (Wildman–Crippen LogP) is 13.7. The molecule has 0 spiro atoms. The summed E-state index contributed by atoms with van der Waals surface area (Å²) in [6.45, 7) is 0. The van der Waals surface area contributed by atoms with Gasteiger partial charge < -0.3 is 17.8 Å². The Morgan fingerprint density at radius 1 is 0.328 bits per heavy atom. The Morgan fingerprint density at radius 3 is 1.67 bits per heavy atom. The number of furan rings is 3. The van der Waals surface area contributed by atoms with Crippen LogP contribution in [0.5, 0.6) is 0 Å². The van der Waals surface area contributed by atoms with Crippen molar-refractivity contribution in [2.24, 2.45) is 0 Å². The van der Waals surface area contributed by atoms with Crippen molar-refractivity contribution in [3.63, 3.8) is 0 Å². The molecule has 7 heteroatoms. The average molecular weight is 745 g/mol. The Bertz CT molecular complexity index is 3760. The van der Waals surface area contributed by atoms with Crippen LogP contribution in [0.4, 0.5) is 0 Å². The van der Waals surface area contributed by atoms with Crippen molar-refractivity contribution < 1.29 is 13.3 Å². The zero-order valence-corrected chi connectivity index (χ0v) is 30.7. The molecule has 13 rings (SSSR count). The Morgan fingerprint density at radius 2 is 0.879 bits per heavy atom. The van der Waals surface area contributed by atoms with Gasteiger partial charge in [-0.25, -0.2) is 15.0 Å². The van der Waals surface area contributed by atoms with Gasteiger partial charge in [0.2, 0.25) is 0 Å². The van der Waals surface area contributed by atoms with Crippen LogP contribution in [0.1, 0.15) is 0 Å². The molecule has 8 aromatic carbocycles. The van der Waals surface area contributed by atoms with Crippen molar-refractivity contribution in [1.29, 1.82) is 0 Å². The fraction of sp³-hybridized carbons (Fsp3) is 0. The lowest BCUT2D eigenvalue weighted by Crippen LogP contribution is -2.00. The molecule has 58 heavy (non-hydrogen) atoms. The molecule has 0 amide bonds. The molecule has 0 bridgehead atoms. The highest BCUT2D eigenvalue weighted by Crippen LogP contribution is 2.42. The van der Waals surface area contributed by atoms with Gasteiger partial charge in [-0.05, 0) is 66.7 Å². The Balaban J connectivity index is 0.969. The van der Waals surface area contributed by atoms with Gasteiger partial charge in [0.1, 0.15) is 22.3 Å². The molecule has 270 valence electrons. The van der Waals surface area contributed by atoms with Crippen LogP contribution in [0.15, 0.2) is 183 Å². The second-order valence-electron chi connectivity index (χ2n) is 14.7. The zero-order valence-electron chi connectivity index (χ0n) is 30.7. The third-order valence-electron chi connectivity index (χ3n) is 11.5. The monoisotopic (exact) mass is 744 g/mol. The first-order valence-corrected chi connectivity index (χ1v) is 19.3. The van der Waals surface area contributed by atoms with E-state index in [1.54, 1.807) is 0 Å². The van der Waals surface area contributed by atoms with Crippen LogP contribution >= 0.6 is 0 Å². The number of aromatic nitrogens is 4. The lowest BCUT2D eigenvalue weighted by atomic mass is 10.1. The second kappa shape index (κ2) is 11.7. The highest BCUT2D eigenvalue weighted by molar-refractivity contribution is 6.19. The summed E-state index contributed by atoms with van der Waals surface area (Å²) in [5.41, 5.74) is 10.4. The lowest BCUT2D eigenvalue weighted by molar-refractivity contribution is 0.633. The van der Waals surface area contributed by atoms with E-state index in [4.69, 9.17) is 28.2 Å². The van der Waals surface area contributed by atoms with E-state index < -0.39 is 0 Å².